The van der Waals surface area contributed by atoms with Gasteiger partial charge in [0, 0.05) is 45.8 Å². The van der Waals surface area contributed by atoms with Crippen LogP contribution in [0.1, 0.15) is 54.4 Å². The zero-order valence-electron chi connectivity index (χ0n) is 20.4. The molecule has 0 aliphatic rings. The number of ether oxygens (including phenoxy) is 2. The molecule has 1 aromatic carbocycles. The number of nitrogens with zero attached hydrogens (tertiary/aromatic N) is 2. The first-order chi connectivity index (χ1) is 16.3. The maximum Gasteiger partial charge on any atom is 0.251 e. The SMILES string of the molecule is COc1c(C)cnc(CNC(=O)c2ccc(C(=O)NCc3ncc(C)c(OC)c3C)cc2)c1C. The summed E-state index contributed by atoms with van der Waals surface area (Å²) in [6.45, 7) is 8.23. The number of benzene rings is 1. The molecule has 8 heteroatoms. The Morgan fingerprint density at radius 3 is 1.38 bits per heavy atom. The number of hydrogen-bond acceptors (Lipinski definition) is 6. The Morgan fingerprint density at radius 2 is 1.06 bits per heavy atom. The second kappa shape index (κ2) is 10.8. The van der Waals surface area contributed by atoms with Crippen LogP contribution in [-0.2, 0) is 13.1 Å². The number of carbonyl (C=O) groups excluding carboxylic acids is 2. The molecule has 3 aromatic rings. The minimum atomic E-state index is -0.251. The molecule has 0 atom stereocenters. The van der Waals surface area contributed by atoms with Gasteiger partial charge in [-0.25, -0.2) is 0 Å². The molecule has 2 heterocycles. The summed E-state index contributed by atoms with van der Waals surface area (Å²) in [5, 5.41) is 5.73. The van der Waals surface area contributed by atoms with E-state index in [1.165, 1.54) is 0 Å². The average molecular weight is 463 g/mol. The molecular formula is C26H30N4O4. The van der Waals surface area contributed by atoms with Crippen LogP contribution < -0.4 is 20.1 Å². The number of amides is 2. The molecule has 0 aliphatic carbocycles. The highest BCUT2D eigenvalue weighted by atomic mass is 16.5. The molecule has 0 saturated carbocycles. The fourth-order valence-electron chi connectivity index (χ4n) is 3.80. The summed E-state index contributed by atoms with van der Waals surface area (Å²) < 4.78 is 10.8. The van der Waals surface area contributed by atoms with Crippen LogP contribution in [0.15, 0.2) is 36.7 Å². The first-order valence-electron chi connectivity index (χ1n) is 10.9. The third kappa shape index (κ3) is 5.33. The van der Waals surface area contributed by atoms with Gasteiger partial charge in [0.25, 0.3) is 11.8 Å². The molecule has 178 valence electrons. The van der Waals surface area contributed by atoms with Crippen molar-refractivity contribution in [2.45, 2.75) is 40.8 Å². The van der Waals surface area contributed by atoms with Crippen LogP contribution in [-0.4, -0.2) is 36.0 Å². The van der Waals surface area contributed by atoms with E-state index in [9.17, 15) is 9.59 Å². The summed E-state index contributed by atoms with van der Waals surface area (Å²) in [6.07, 6.45) is 3.45. The van der Waals surface area contributed by atoms with Crippen molar-refractivity contribution in [2.75, 3.05) is 14.2 Å². The number of hydrogen-bond donors (Lipinski definition) is 2. The summed E-state index contributed by atoms with van der Waals surface area (Å²) in [7, 11) is 3.23. The van der Waals surface area contributed by atoms with Crippen LogP contribution in [0.25, 0.3) is 0 Å². The molecule has 34 heavy (non-hydrogen) atoms. The van der Waals surface area contributed by atoms with E-state index in [0.717, 1.165) is 45.1 Å². The Bertz CT molecular complexity index is 1110. The highest BCUT2D eigenvalue weighted by Gasteiger charge is 2.14. The standard InChI is InChI=1S/C26H30N4O4/c1-15-11-27-21(17(3)23(15)33-5)13-29-25(31)19-7-9-20(10-8-19)26(32)30-14-22-18(4)24(34-6)16(2)12-28-22/h7-12H,13-14H2,1-6H3,(H,29,31)(H,30,32). The predicted molar refractivity (Wildman–Crippen MR) is 129 cm³/mol. The van der Waals surface area contributed by atoms with Crippen molar-refractivity contribution in [3.63, 3.8) is 0 Å². The molecule has 0 saturated heterocycles. The van der Waals surface area contributed by atoms with Gasteiger partial charge in [-0.15, -0.1) is 0 Å². The van der Waals surface area contributed by atoms with Crippen LogP contribution >= 0.6 is 0 Å². The fourth-order valence-corrected chi connectivity index (χ4v) is 3.80. The highest BCUT2D eigenvalue weighted by Crippen LogP contribution is 2.24. The van der Waals surface area contributed by atoms with Gasteiger partial charge in [-0.3, -0.25) is 19.6 Å². The Hall–Kier alpha value is -3.94. The number of carbonyl (C=O) groups is 2. The summed E-state index contributed by atoms with van der Waals surface area (Å²) in [6, 6.07) is 6.49. The van der Waals surface area contributed by atoms with Gasteiger partial charge in [-0.1, -0.05) is 0 Å². The fraction of sp³-hybridized carbons (Fsp3) is 0.308. The number of rotatable bonds is 8. The van der Waals surface area contributed by atoms with E-state index in [0.29, 0.717) is 11.1 Å². The van der Waals surface area contributed by atoms with E-state index >= 15 is 0 Å². The molecule has 0 fully saturated rings. The van der Waals surface area contributed by atoms with Crippen LogP contribution in [0.5, 0.6) is 11.5 Å². The molecule has 2 aromatic heterocycles. The van der Waals surface area contributed by atoms with E-state index in [4.69, 9.17) is 9.47 Å². The quantitative estimate of drug-likeness (QED) is 0.530. The van der Waals surface area contributed by atoms with Crippen molar-refractivity contribution in [1.82, 2.24) is 20.6 Å². The molecule has 2 N–H and O–H groups in total. The maximum atomic E-state index is 12.6. The monoisotopic (exact) mass is 462 g/mol. The average Bonchev–Trinajstić information content (AvgIpc) is 2.83. The van der Waals surface area contributed by atoms with Crippen LogP contribution in [0.3, 0.4) is 0 Å². The third-order valence-electron chi connectivity index (χ3n) is 5.74. The molecule has 2 amide bonds. The van der Waals surface area contributed by atoms with E-state index in [1.807, 2.05) is 27.7 Å². The Balaban J connectivity index is 1.60. The smallest absolute Gasteiger partial charge is 0.251 e. The number of aryl methyl sites for hydroxylation is 2. The minimum Gasteiger partial charge on any atom is -0.496 e. The molecule has 0 bridgehead atoms. The van der Waals surface area contributed by atoms with Crippen LogP contribution in [0, 0.1) is 27.7 Å². The zero-order chi connectivity index (χ0) is 24.8. The van der Waals surface area contributed by atoms with Crippen molar-refractivity contribution in [2.24, 2.45) is 0 Å². The van der Waals surface area contributed by atoms with Crippen molar-refractivity contribution >= 4 is 11.8 Å². The van der Waals surface area contributed by atoms with E-state index in [1.54, 1.807) is 50.9 Å². The highest BCUT2D eigenvalue weighted by molar-refractivity contribution is 5.97. The van der Waals surface area contributed by atoms with Crippen molar-refractivity contribution < 1.29 is 19.1 Å². The molecule has 0 aliphatic heterocycles. The Morgan fingerprint density at radius 1 is 0.706 bits per heavy atom. The van der Waals surface area contributed by atoms with E-state index < -0.39 is 0 Å². The lowest BCUT2D eigenvalue weighted by molar-refractivity contribution is 0.0938. The first kappa shape index (κ1) is 24.7. The van der Waals surface area contributed by atoms with Crippen LogP contribution in [0.2, 0.25) is 0 Å². The Labute approximate surface area is 199 Å². The third-order valence-corrected chi connectivity index (χ3v) is 5.74. The van der Waals surface area contributed by atoms with Crippen LogP contribution in [0.4, 0.5) is 0 Å². The molecule has 3 rings (SSSR count). The van der Waals surface area contributed by atoms with E-state index in [-0.39, 0.29) is 24.9 Å². The molecule has 0 spiro atoms. The summed E-state index contributed by atoms with van der Waals surface area (Å²) in [4.78, 5) is 33.9. The summed E-state index contributed by atoms with van der Waals surface area (Å²) >= 11 is 0. The number of aromatic nitrogens is 2. The summed E-state index contributed by atoms with van der Waals surface area (Å²) in [5.41, 5.74) is 6.05. The van der Waals surface area contributed by atoms with Crippen molar-refractivity contribution in [3.8, 4) is 11.5 Å². The maximum absolute atomic E-state index is 12.6. The predicted octanol–water partition coefficient (Wildman–Crippen LogP) is 3.59. The molecule has 0 radical (unpaired) electrons. The van der Waals surface area contributed by atoms with E-state index in [2.05, 4.69) is 20.6 Å². The number of pyridine rings is 2. The van der Waals surface area contributed by atoms with Gasteiger partial charge < -0.3 is 20.1 Å². The first-order valence-corrected chi connectivity index (χ1v) is 10.9. The summed E-state index contributed by atoms with van der Waals surface area (Å²) in [5.74, 6) is 1.03. The molecular weight excluding hydrogens is 432 g/mol. The Kier molecular flexibility index (Phi) is 7.83. The van der Waals surface area contributed by atoms with Gasteiger partial charge in [0.05, 0.1) is 38.7 Å². The lowest BCUT2D eigenvalue weighted by Gasteiger charge is -2.13. The van der Waals surface area contributed by atoms with Gasteiger partial charge in [-0.2, -0.15) is 0 Å². The van der Waals surface area contributed by atoms with Gasteiger partial charge in [0.1, 0.15) is 11.5 Å². The number of nitrogens with one attached hydrogen (secondary N) is 2. The normalized spacial score (nSPS) is 10.5. The minimum absolute atomic E-state index is 0.251. The van der Waals surface area contributed by atoms with Gasteiger partial charge in [0.2, 0.25) is 0 Å². The largest absolute Gasteiger partial charge is 0.496 e. The van der Waals surface area contributed by atoms with Gasteiger partial charge >= 0.3 is 0 Å². The lowest BCUT2D eigenvalue weighted by Crippen LogP contribution is -2.25. The second-order valence-electron chi connectivity index (χ2n) is 8.04. The van der Waals surface area contributed by atoms with Crippen molar-refractivity contribution in [1.29, 1.82) is 0 Å². The molecule has 8 nitrogen and oxygen atoms in total. The topological polar surface area (TPSA) is 102 Å². The lowest BCUT2D eigenvalue weighted by atomic mass is 10.1. The zero-order valence-corrected chi connectivity index (χ0v) is 20.4. The van der Waals surface area contributed by atoms with Gasteiger partial charge in [0.15, 0.2) is 0 Å². The van der Waals surface area contributed by atoms with Gasteiger partial charge in [-0.05, 0) is 52.0 Å². The van der Waals surface area contributed by atoms with Crippen molar-refractivity contribution in [3.05, 3.63) is 81.4 Å². The second-order valence-corrected chi connectivity index (χ2v) is 8.04. The molecule has 0 unspecified atom stereocenters. The number of methoxy groups -OCH3 is 2.